The molecule has 0 atom stereocenters. The van der Waals surface area contributed by atoms with Crippen molar-refractivity contribution < 1.29 is 8.42 Å². The molecule has 1 saturated heterocycles. The van der Waals surface area contributed by atoms with Crippen LogP contribution in [0.4, 0.5) is 0 Å². The lowest BCUT2D eigenvalue weighted by Crippen LogP contribution is -2.57. The summed E-state index contributed by atoms with van der Waals surface area (Å²) in [5.41, 5.74) is 2.16. The average molecular weight is 503 g/mol. The van der Waals surface area contributed by atoms with Gasteiger partial charge in [-0.1, -0.05) is 18.2 Å². The van der Waals surface area contributed by atoms with E-state index in [0.29, 0.717) is 25.6 Å². The van der Waals surface area contributed by atoms with Crippen molar-refractivity contribution in [1.29, 1.82) is 0 Å². The molecule has 2 heterocycles. The zero-order valence-electron chi connectivity index (χ0n) is 15.8. The largest absolute Gasteiger partial charge is 0.352 e. The minimum Gasteiger partial charge on any atom is -0.352 e. The summed E-state index contributed by atoms with van der Waals surface area (Å²) in [6.45, 7) is 5.02. The maximum Gasteiger partial charge on any atom is 0.193 e. The first-order valence-electron chi connectivity index (χ1n) is 8.58. The minimum absolute atomic E-state index is 0. The van der Waals surface area contributed by atoms with Crippen molar-refractivity contribution in [2.45, 2.75) is 25.1 Å². The average Bonchev–Trinajstić information content (AvgIpc) is 3.13. The Hall–Kier alpha value is -1.62. The second kappa shape index (κ2) is 8.59. The van der Waals surface area contributed by atoms with Gasteiger partial charge < -0.3 is 14.8 Å². The number of aromatic nitrogens is 2. The number of guanidine groups is 1. The molecule has 27 heavy (non-hydrogen) atoms. The maximum atomic E-state index is 12.2. The van der Waals surface area contributed by atoms with Crippen LogP contribution in [0.15, 0.2) is 48.0 Å². The lowest BCUT2D eigenvalue weighted by atomic mass is 10.1. The van der Waals surface area contributed by atoms with Gasteiger partial charge >= 0.3 is 0 Å². The molecule has 1 aromatic carbocycles. The molecule has 2 aromatic rings. The smallest absolute Gasteiger partial charge is 0.193 e. The first kappa shape index (κ1) is 21.7. The van der Waals surface area contributed by atoms with E-state index in [-0.39, 0.29) is 29.7 Å². The van der Waals surface area contributed by atoms with Gasteiger partial charge in [0.2, 0.25) is 0 Å². The summed E-state index contributed by atoms with van der Waals surface area (Å²) in [6, 6.07) is 8.08. The standard InChI is InChI=1S/C18H25N5O2S.HI/c1-18(2)13-22(10-11-26(18,24)25)17(19-3)21-12-15-6-4-5-7-16(15)23-9-8-20-14-23;/h4-9,14H,10-13H2,1-3H3,(H,19,21);1H. The molecule has 0 saturated carbocycles. The van der Waals surface area contributed by atoms with E-state index in [2.05, 4.69) is 21.4 Å². The van der Waals surface area contributed by atoms with Gasteiger partial charge in [0.05, 0.1) is 22.5 Å². The number of imidazole rings is 1. The van der Waals surface area contributed by atoms with Crippen LogP contribution >= 0.6 is 24.0 Å². The molecular weight excluding hydrogens is 477 g/mol. The van der Waals surface area contributed by atoms with Crippen LogP contribution in [-0.2, 0) is 16.4 Å². The highest BCUT2D eigenvalue weighted by molar-refractivity contribution is 14.0. The number of sulfone groups is 1. The molecule has 0 unspecified atom stereocenters. The highest BCUT2D eigenvalue weighted by atomic mass is 127. The second-order valence-corrected chi connectivity index (χ2v) is 9.74. The van der Waals surface area contributed by atoms with Crippen molar-refractivity contribution in [2.24, 2.45) is 4.99 Å². The van der Waals surface area contributed by atoms with E-state index in [0.717, 1.165) is 11.3 Å². The normalized spacial score (nSPS) is 18.6. The number of nitrogens with one attached hydrogen (secondary N) is 1. The summed E-state index contributed by atoms with van der Waals surface area (Å²) in [5.74, 6) is 0.861. The predicted molar refractivity (Wildman–Crippen MR) is 119 cm³/mol. The van der Waals surface area contributed by atoms with Crippen LogP contribution in [0.3, 0.4) is 0 Å². The van der Waals surface area contributed by atoms with Crippen LogP contribution in [0.2, 0.25) is 0 Å². The molecule has 0 radical (unpaired) electrons. The molecular formula is C18H26IN5O2S. The summed E-state index contributed by atoms with van der Waals surface area (Å²) >= 11 is 0. The number of halogens is 1. The van der Waals surface area contributed by atoms with E-state index in [1.165, 1.54) is 0 Å². The fourth-order valence-corrected chi connectivity index (χ4v) is 4.51. The SMILES string of the molecule is CN=C(NCc1ccccc1-n1ccnc1)N1CCS(=O)(=O)C(C)(C)C1.I. The number of para-hydroxylation sites is 1. The van der Waals surface area contributed by atoms with E-state index in [4.69, 9.17) is 0 Å². The zero-order valence-corrected chi connectivity index (χ0v) is 18.9. The zero-order chi connectivity index (χ0) is 18.8. The molecule has 9 heteroatoms. The third kappa shape index (κ3) is 4.63. The molecule has 0 aliphatic carbocycles. The Morgan fingerprint density at radius 3 is 2.70 bits per heavy atom. The molecule has 1 aromatic heterocycles. The molecule has 7 nitrogen and oxygen atoms in total. The quantitative estimate of drug-likeness (QED) is 0.394. The summed E-state index contributed by atoms with van der Waals surface area (Å²) in [6.07, 6.45) is 5.43. The topological polar surface area (TPSA) is 79.6 Å². The number of hydrogen-bond acceptors (Lipinski definition) is 4. The number of nitrogens with zero attached hydrogens (tertiary/aromatic N) is 4. The molecule has 0 bridgehead atoms. The lowest BCUT2D eigenvalue weighted by molar-refractivity contribution is 0.353. The molecule has 1 fully saturated rings. The fraction of sp³-hybridized carbons (Fsp3) is 0.444. The Balaban J connectivity index is 0.00000261. The summed E-state index contributed by atoms with van der Waals surface area (Å²) in [5, 5.41) is 3.37. The first-order chi connectivity index (χ1) is 12.3. The number of benzene rings is 1. The third-order valence-corrected chi connectivity index (χ3v) is 7.30. The highest BCUT2D eigenvalue weighted by Gasteiger charge is 2.40. The van der Waals surface area contributed by atoms with Crippen molar-refractivity contribution in [3.63, 3.8) is 0 Å². The van der Waals surface area contributed by atoms with Gasteiger partial charge in [0.25, 0.3) is 0 Å². The molecule has 0 spiro atoms. The van der Waals surface area contributed by atoms with Gasteiger partial charge in [-0.3, -0.25) is 4.99 Å². The van der Waals surface area contributed by atoms with Gasteiger partial charge in [0.1, 0.15) is 0 Å². The van der Waals surface area contributed by atoms with Crippen molar-refractivity contribution in [3.05, 3.63) is 48.5 Å². The van der Waals surface area contributed by atoms with Crippen LogP contribution in [0.1, 0.15) is 19.4 Å². The number of rotatable bonds is 3. The van der Waals surface area contributed by atoms with Crippen LogP contribution in [-0.4, -0.2) is 59.5 Å². The Morgan fingerprint density at radius 1 is 1.33 bits per heavy atom. The van der Waals surface area contributed by atoms with Crippen molar-refractivity contribution >= 4 is 39.8 Å². The van der Waals surface area contributed by atoms with Crippen molar-refractivity contribution in [2.75, 3.05) is 25.9 Å². The maximum absolute atomic E-state index is 12.2. The monoisotopic (exact) mass is 503 g/mol. The first-order valence-corrected chi connectivity index (χ1v) is 10.2. The van der Waals surface area contributed by atoms with Gasteiger partial charge in [-0.05, 0) is 25.5 Å². The van der Waals surface area contributed by atoms with E-state index in [1.807, 2.05) is 33.9 Å². The van der Waals surface area contributed by atoms with Crippen LogP contribution < -0.4 is 5.32 Å². The van der Waals surface area contributed by atoms with Crippen LogP contribution in [0.25, 0.3) is 5.69 Å². The van der Waals surface area contributed by atoms with Gasteiger partial charge in [0, 0.05) is 39.1 Å². The summed E-state index contributed by atoms with van der Waals surface area (Å²) < 4.78 is 25.6. The van der Waals surface area contributed by atoms with Gasteiger partial charge in [-0.25, -0.2) is 13.4 Å². The molecule has 1 aliphatic heterocycles. The number of aliphatic imine (C=N–C) groups is 1. The fourth-order valence-electron chi connectivity index (χ4n) is 3.14. The van der Waals surface area contributed by atoms with E-state index < -0.39 is 14.6 Å². The van der Waals surface area contributed by atoms with E-state index in [1.54, 1.807) is 33.4 Å². The van der Waals surface area contributed by atoms with Crippen LogP contribution in [0, 0.1) is 0 Å². The highest BCUT2D eigenvalue weighted by Crippen LogP contribution is 2.24. The van der Waals surface area contributed by atoms with Crippen molar-refractivity contribution in [3.8, 4) is 5.69 Å². The van der Waals surface area contributed by atoms with Gasteiger partial charge in [-0.15, -0.1) is 24.0 Å². The van der Waals surface area contributed by atoms with E-state index >= 15 is 0 Å². The third-order valence-electron chi connectivity index (χ3n) is 4.77. The Labute approximate surface area is 177 Å². The predicted octanol–water partition coefficient (Wildman–Crippen LogP) is 2.07. The van der Waals surface area contributed by atoms with Gasteiger partial charge in [-0.2, -0.15) is 0 Å². The molecule has 1 N–H and O–H groups in total. The van der Waals surface area contributed by atoms with Gasteiger partial charge in [0.15, 0.2) is 15.8 Å². The minimum atomic E-state index is -3.07. The molecule has 148 valence electrons. The van der Waals surface area contributed by atoms with Crippen molar-refractivity contribution in [1.82, 2.24) is 19.8 Å². The Kier molecular flexibility index (Phi) is 6.90. The van der Waals surface area contributed by atoms with Crippen LogP contribution in [0.5, 0.6) is 0 Å². The van der Waals surface area contributed by atoms with E-state index in [9.17, 15) is 8.42 Å². The summed E-state index contributed by atoms with van der Waals surface area (Å²) in [4.78, 5) is 10.5. The second-order valence-electron chi connectivity index (χ2n) is 7.00. The number of hydrogen-bond donors (Lipinski definition) is 1. The lowest BCUT2D eigenvalue weighted by Gasteiger charge is -2.39. The summed E-state index contributed by atoms with van der Waals surface area (Å²) in [7, 11) is -1.35. The Bertz CT molecular complexity index is 894. The molecule has 3 rings (SSSR count). The Morgan fingerprint density at radius 2 is 2.07 bits per heavy atom. The molecule has 1 aliphatic rings. The molecule has 0 amide bonds.